The van der Waals surface area contributed by atoms with Crippen LogP contribution in [-0.2, 0) is 4.79 Å². The van der Waals surface area contributed by atoms with Crippen molar-refractivity contribution in [1.82, 2.24) is 14.7 Å². The molecule has 7 nitrogen and oxygen atoms in total. The molecule has 1 aliphatic carbocycles. The van der Waals surface area contributed by atoms with Gasteiger partial charge in [-0.25, -0.2) is 4.68 Å². The Bertz CT molecular complexity index is 1240. The summed E-state index contributed by atoms with van der Waals surface area (Å²) in [6.45, 7) is 1.07. The number of nitrogens with zero attached hydrogens (tertiary/aromatic N) is 3. The molecule has 7 heteroatoms. The molecule has 5 rings (SSSR count). The number of methoxy groups -OCH3 is 1. The van der Waals surface area contributed by atoms with E-state index in [1.807, 2.05) is 76.3 Å². The molecule has 0 atom stereocenters. The van der Waals surface area contributed by atoms with Gasteiger partial charge in [-0.1, -0.05) is 42.5 Å². The third-order valence-corrected chi connectivity index (χ3v) is 6.61. The maximum atomic E-state index is 13.6. The van der Waals surface area contributed by atoms with Crippen molar-refractivity contribution in [2.75, 3.05) is 25.5 Å². The fourth-order valence-corrected chi connectivity index (χ4v) is 4.67. The van der Waals surface area contributed by atoms with Crippen LogP contribution in [0.2, 0.25) is 0 Å². The lowest BCUT2D eigenvalue weighted by Crippen LogP contribution is -2.41. The number of hydrogen-bond donors (Lipinski definition) is 1. The second-order valence-electron chi connectivity index (χ2n) is 8.77. The fourth-order valence-electron chi connectivity index (χ4n) is 4.67. The zero-order valence-electron chi connectivity index (χ0n) is 19.6. The normalized spacial score (nSPS) is 16.0. The molecular formula is C28H28N4O3. The Morgan fingerprint density at radius 1 is 0.971 bits per heavy atom. The average Bonchev–Trinajstić information content (AvgIpc) is 3.59. The second kappa shape index (κ2) is 10.0. The molecule has 0 bridgehead atoms. The number of amides is 2. The molecule has 1 fully saturated rings. The van der Waals surface area contributed by atoms with Crippen molar-refractivity contribution in [3.63, 3.8) is 0 Å². The molecule has 2 amide bonds. The Kier molecular flexibility index (Phi) is 6.48. The molecule has 2 aromatic carbocycles. The van der Waals surface area contributed by atoms with Crippen LogP contribution >= 0.6 is 0 Å². The number of carbonyl (C=O) groups excluding carboxylic acids is 2. The number of rotatable bonds is 6. The van der Waals surface area contributed by atoms with Crippen molar-refractivity contribution >= 4 is 17.5 Å². The van der Waals surface area contributed by atoms with Crippen LogP contribution in [0.25, 0.3) is 5.69 Å². The topological polar surface area (TPSA) is 76.5 Å². The average molecular weight is 469 g/mol. The Morgan fingerprint density at radius 2 is 1.66 bits per heavy atom. The molecule has 2 heterocycles. The first-order valence-corrected chi connectivity index (χ1v) is 11.9. The molecule has 3 aromatic rings. The van der Waals surface area contributed by atoms with Crippen LogP contribution in [0.1, 0.15) is 34.8 Å². The van der Waals surface area contributed by atoms with E-state index in [4.69, 9.17) is 4.74 Å². The molecule has 0 unspecified atom stereocenters. The monoisotopic (exact) mass is 468 g/mol. The van der Waals surface area contributed by atoms with E-state index in [1.54, 1.807) is 13.3 Å². The summed E-state index contributed by atoms with van der Waals surface area (Å²) in [7, 11) is 1.61. The van der Waals surface area contributed by atoms with Gasteiger partial charge in [0.15, 0.2) is 0 Å². The van der Waals surface area contributed by atoms with Gasteiger partial charge in [0.1, 0.15) is 5.75 Å². The van der Waals surface area contributed by atoms with Crippen LogP contribution < -0.4 is 10.1 Å². The van der Waals surface area contributed by atoms with E-state index >= 15 is 0 Å². The summed E-state index contributed by atoms with van der Waals surface area (Å²) in [5, 5.41) is 7.56. The van der Waals surface area contributed by atoms with E-state index in [-0.39, 0.29) is 23.7 Å². The van der Waals surface area contributed by atoms with E-state index in [9.17, 15) is 9.59 Å². The molecule has 35 heavy (non-hydrogen) atoms. The highest BCUT2D eigenvalue weighted by molar-refractivity contribution is 5.96. The maximum absolute atomic E-state index is 13.6. The number of nitrogens with one attached hydrogen (secondary N) is 1. The highest BCUT2D eigenvalue weighted by Gasteiger charge is 2.31. The summed E-state index contributed by atoms with van der Waals surface area (Å²) in [4.78, 5) is 28.2. The van der Waals surface area contributed by atoms with E-state index in [1.165, 1.54) is 0 Å². The van der Waals surface area contributed by atoms with Gasteiger partial charge >= 0.3 is 0 Å². The number of allylic oxidation sites excluding steroid dienone is 4. The predicted molar refractivity (Wildman–Crippen MR) is 135 cm³/mol. The van der Waals surface area contributed by atoms with Crippen molar-refractivity contribution in [2.45, 2.75) is 18.8 Å². The van der Waals surface area contributed by atoms with Crippen LogP contribution in [0.15, 0.2) is 85.1 Å². The van der Waals surface area contributed by atoms with Crippen LogP contribution in [-0.4, -0.2) is 46.7 Å². The van der Waals surface area contributed by atoms with E-state index in [2.05, 4.69) is 22.6 Å². The number of ether oxygens (including phenoxy) is 1. The Morgan fingerprint density at radius 3 is 2.31 bits per heavy atom. The van der Waals surface area contributed by atoms with E-state index in [0.29, 0.717) is 31.5 Å². The van der Waals surface area contributed by atoms with Gasteiger partial charge < -0.3 is 15.0 Å². The van der Waals surface area contributed by atoms with Gasteiger partial charge in [-0.3, -0.25) is 9.59 Å². The first-order valence-electron chi connectivity index (χ1n) is 11.9. The van der Waals surface area contributed by atoms with Gasteiger partial charge in [0, 0.05) is 30.6 Å². The quantitative estimate of drug-likeness (QED) is 0.575. The molecule has 0 saturated carbocycles. The van der Waals surface area contributed by atoms with E-state index < -0.39 is 0 Å². The standard InChI is InChI=1S/C28H28N4O3/c1-35-24-13-11-22(12-14-24)30-27(33)21-15-17-31(18-16-21)28(34)25-19-29-32(23-9-3-2-4-10-23)26(25)20-7-5-6-8-20/h2-14,19-21H,15-18H2,1H3,(H,30,33). The number of carbonyl (C=O) groups is 2. The minimum absolute atomic E-state index is 0.00975. The molecule has 1 aliphatic heterocycles. The number of anilines is 1. The van der Waals surface area contributed by atoms with Gasteiger partial charge in [-0.15, -0.1) is 0 Å². The molecule has 0 spiro atoms. The van der Waals surface area contributed by atoms with Gasteiger partial charge in [0.05, 0.1) is 30.3 Å². The molecule has 178 valence electrons. The molecule has 1 saturated heterocycles. The number of hydrogen-bond acceptors (Lipinski definition) is 4. The number of aromatic nitrogens is 2. The highest BCUT2D eigenvalue weighted by atomic mass is 16.5. The number of para-hydroxylation sites is 1. The number of piperidine rings is 1. The van der Waals surface area contributed by atoms with Crippen molar-refractivity contribution in [3.8, 4) is 11.4 Å². The Balaban J connectivity index is 1.28. The predicted octanol–water partition coefficient (Wildman–Crippen LogP) is 4.58. The Labute approximate surface area is 204 Å². The molecule has 0 radical (unpaired) electrons. The second-order valence-corrected chi connectivity index (χ2v) is 8.77. The summed E-state index contributed by atoms with van der Waals surface area (Å²) in [6.07, 6.45) is 11.1. The zero-order chi connectivity index (χ0) is 24.2. The summed E-state index contributed by atoms with van der Waals surface area (Å²) < 4.78 is 7.02. The SMILES string of the molecule is COc1ccc(NC(=O)C2CCN(C(=O)c3cnn(-c4ccccc4)c3C3C=CC=C3)CC2)cc1. The van der Waals surface area contributed by atoms with Crippen molar-refractivity contribution in [2.24, 2.45) is 5.92 Å². The minimum atomic E-state index is -0.131. The largest absolute Gasteiger partial charge is 0.497 e. The summed E-state index contributed by atoms with van der Waals surface area (Å²) in [5.74, 6) is 0.553. The smallest absolute Gasteiger partial charge is 0.257 e. The third kappa shape index (κ3) is 4.75. The van der Waals surface area contributed by atoms with Gasteiger partial charge in [-0.05, 0) is 49.2 Å². The van der Waals surface area contributed by atoms with Gasteiger partial charge in [0.2, 0.25) is 5.91 Å². The van der Waals surface area contributed by atoms with Crippen molar-refractivity contribution < 1.29 is 14.3 Å². The molecule has 1 aromatic heterocycles. The van der Waals surface area contributed by atoms with Gasteiger partial charge in [-0.2, -0.15) is 5.10 Å². The molecular weight excluding hydrogens is 440 g/mol. The van der Waals surface area contributed by atoms with Gasteiger partial charge in [0.25, 0.3) is 5.91 Å². The first kappa shape index (κ1) is 22.7. The first-order chi connectivity index (χ1) is 17.1. The summed E-state index contributed by atoms with van der Waals surface area (Å²) in [6, 6.07) is 17.1. The lowest BCUT2D eigenvalue weighted by molar-refractivity contribution is -0.121. The van der Waals surface area contributed by atoms with Crippen LogP contribution in [0.5, 0.6) is 5.75 Å². The lowest BCUT2D eigenvalue weighted by Gasteiger charge is -2.31. The lowest BCUT2D eigenvalue weighted by atomic mass is 9.94. The van der Waals surface area contributed by atoms with E-state index in [0.717, 1.165) is 22.8 Å². The van der Waals surface area contributed by atoms with Crippen LogP contribution in [0, 0.1) is 5.92 Å². The summed E-state index contributed by atoms with van der Waals surface area (Å²) >= 11 is 0. The number of likely N-dealkylation sites (tertiary alicyclic amines) is 1. The number of benzene rings is 2. The molecule has 2 aliphatic rings. The highest BCUT2D eigenvalue weighted by Crippen LogP contribution is 2.30. The van der Waals surface area contributed by atoms with Crippen LogP contribution in [0.3, 0.4) is 0 Å². The van der Waals surface area contributed by atoms with Crippen molar-refractivity contribution in [3.05, 3.63) is 96.4 Å². The zero-order valence-corrected chi connectivity index (χ0v) is 19.6. The Hall–Kier alpha value is -4.13. The fraction of sp³-hybridized carbons (Fsp3) is 0.250. The van der Waals surface area contributed by atoms with Crippen molar-refractivity contribution in [1.29, 1.82) is 0 Å². The van der Waals surface area contributed by atoms with Crippen LogP contribution in [0.4, 0.5) is 5.69 Å². The summed E-state index contributed by atoms with van der Waals surface area (Å²) in [5.41, 5.74) is 3.14. The third-order valence-electron chi connectivity index (χ3n) is 6.61. The molecule has 1 N–H and O–H groups in total. The minimum Gasteiger partial charge on any atom is -0.497 e. The maximum Gasteiger partial charge on any atom is 0.257 e.